The van der Waals surface area contributed by atoms with Gasteiger partial charge in [0, 0.05) is 22.0 Å². The summed E-state index contributed by atoms with van der Waals surface area (Å²) in [5, 5.41) is 5.87. The van der Waals surface area contributed by atoms with Gasteiger partial charge in [0.1, 0.15) is 16.9 Å². The lowest BCUT2D eigenvalue weighted by Gasteiger charge is -2.22. The molecule has 3 heterocycles. The fraction of sp³-hybridized carbons (Fsp3) is 0.241. The maximum absolute atomic E-state index is 6.59. The van der Waals surface area contributed by atoms with Crippen LogP contribution in [-0.4, -0.2) is 0 Å². The number of hydrogen-bond donors (Lipinski definition) is 1. The van der Waals surface area contributed by atoms with Crippen LogP contribution in [0.1, 0.15) is 55.0 Å². The average molecular weight is 422 g/mol. The summed E-state index contributed by atoms with van der Waals surface area (Å²) < 4.78 is 13.0. The van der Waals surface area contributed by atoms with Gasteiger partial charge in [-0.15, -0.1) is 0 Å². The first kappa shape index (κ1) is 19.2. The monoisotopic (exact) mass is 421 g/mol. The molecule has 1 atom stereocenters. The molecule has 0 bridgehead atoms. The second-order valence-corrected chi connectivity index (χ2v) is 8.82. The molecule has 1 N–H and O–H groups in total. The molecule has 6 rings (SSSR count). The fourth-order valence-corrected chi connectivity index (χ4v) is 5.01. The van der Waals surface area contributed by atoms with E-state index in [1.807, 2.05) is 0 Å². The van der Waals surface area contributed by atoms with E-state index in [1.165, 1.54) is 27.5 Å². The van der Waals surface area contributed by atoms with Crippen molar-refractivity contribution in [3.63, 3.8) is 0 Å². The topological polar surface area (TPSA) is 34.4 Å². The van der Waals surface area contributed by atoms with E-state index in [2.05, 4.69) is 85.9 Å². The van der Waals surface area contributed by atoms with E-state index in [4.69, 9.17) is 9.15 Å². The van der Waals surface area contributed by atoms with Crippen molar-refractivity contribution in [2.24, 2.45) is 0 Å². The highest BCUT2D eigenvalue weighted by atomic mass is 16.5. The predicted octanol–water partition coefficient (Wildman–Crippen LogP) is 7.91. The van der Waals surface area contributed by atoms with Gasteiger partial charge >= 0.3 is 0 Å². The Balaban J connectivity index is 1.51. The Labute approximate surface area is 188 Å². The number of furan rings is 1. The van der Waals surface area contributed by atoms with Crippen molar-refractivity contribution < 1.29 is 9.15 Å². The van der Waals surface area contributed by atoms with Crippen molar-refractivity contribution in [2.45, 2.75) is 45.6 Å². The molecule has 32 heavy (non-hydrogen) atoms. The lowest BCUT2D eigenvalue weighted by atomic mass is 9.98. The normalized spacial score (nSPS) is 16.9. The third-order valence-electron chi connectivity index (χ3n) is 6.50. The third kappa shape index (κ3) is 3.03. The molecule has 0 amide bonds. The minimum absolute atomic E-state index is 0.100. The average Bonchev–Trinajstić information content (AvgIpc) is 3.37. The molecular weight excluding hydrogens is 394 g/mol. The molecule has 0 spiro atoms. The first-order valence-electron chi connectivity index (χ1n) is 11.7. The quantitative estimate of drug-likeness (QED) is 0.355. The second-order valence-electron chi connectivity index (χ2n) is 8.82. The predicted molar refractivity (Wildman–Crippen MR) is 132 cm³/mol. The Morgan fingerprint density at radius 1 is 0.844 bits per heavy atom. The smallest absolute Gasteiger partial charge is 0.165 e. The minimum atomic E-state index is -0.100. The maximum atomic E-state index is 6.59. The standard InChI is InChI=1S/C29H27NO2/c1-3-7-18-11-13-26-21(15-18)22-16-19(8-4-2)17-23(28(22)31-26)27-14-12-25-29(32-27)20-9-5-6-10-24(20)30-25/h5-6,9-17,29-30H,3-4,7-8H2,1-2H3. The summed E-state index contributed by atoms with van der Waals surface area (Å²) >= 11 is 0. The molecule has 0 fully saturated rings. The number of hydrogen-bond acceptors (Lipinski definition) is 3. The van der Waals surface area contributed by atoms with Gasteiger partial charge in [0.2, 0.25) is 0 Å². The second kappa shape index (κ2) is 7.59. The van der Waals surface area contributed by atoms with E-state index >= 15 is 0 Å². The molecule has 2 aliphatic rings. The number of anilines is 1. The molecule has 160 valence electrons. The van der Waals surface area contributed by atoms with Crippen LogP contribution >= 0.6 is 0 Å². The summed E-state index contributed by atoms with van der Waals surface area (Å²) in [6.07, 6.45) is 8.48. The highest BCUT2D eigenvalue weighted by Gasteiger charge is 2.32. The van der Waals surface area contributed by atoms with Crippen LogP contribution in [0.4, 0.5) is 5.69 Å². The highest BCUT2D eigenvalue weighted by molar-refractivity contribution is 6.08. The Hall–Kier alpha value is -3.46. The molecule has 0 aliphatic carbocycles. The molecule has 0 saturated heterocycles. The molecular formula is C29H27NO2. The molecule has 0 radical (unpaired) electrons. The van der Waals surface area contributed by atoms with Crippen LogP contribution < -0.4 is 5.32 Å². The number of para-hydroxylation sites is 1. The third-order valence-corrected chi connectivity index (χ3v) is 6.50. The summed E-state index contributed by atoms with van der Waals surface area (Å²) in [6, 6.07) is 19.5. The molecule has 4 aromatic rings. The van der Waals surface area contributed by atoms with Crippen LogP contribution in [0.5, 0.6) is 0 Å². The van der Waals surface area contributed by atoms with E-state index in [1.54, 1.807) is 0 Å². The molecule has 3 heteroatoms. The summed E-state index contributed by atoms with van der Waals surface area (Å²) in [5.74, 6) is 0.869. The van der Waals surface area contributed by atoms with Gasteiger partial charge < -0.3 is 14.5 Å². The van der Waals surface area contributed by atoms with Gasteiger partial charge in [-0.25, -0.2) is 0 Å². The van der Waals surface area contributed by atoms with Gasteiger partial charge in [0.05, 0.1) is 11.3 Å². The Kier molecular flexibility index (Phi) is 4.57. The molecule has 0 saturated carbocycles. The zero-order chi connectivity index (χ0) is 21.7. The number of rotatable bonds is 5. The van der Waals surface area contributed by atoms with E-state index in [0.29, 0.717) is 0 Å². The van der Waals surface area contributed by atoms with Crippen molar-refractivity contribution in [1.29, 1.82) is 0 Å². The highest BCUT2D eigenvalue weighted by Crippen LogP contribution is 2.45. The van der Waals surface area contributed by atoms with Crippen LogP contribution in [0.15, 0.2) is 76.9 Å². The van der Waals surface area contributed by atoms with Crippen molar-refractivity contribution in [1.82, 2.24) is 0 Å². The lowest BCUT2D eigenvalue weighted by molar-refractivity contribution is 0.207. The van der Waals surface area contributed by atoms with E-state index < -0.39 is 0 Å². The molecule has 2 aliphatic heterocycles. The SMILES string of the molecule is CCCc1ccc2oc3c(C4=CC=C5Nc6ccccc6C5O4)cc(CCC)cc3c2c1. The minimum Gasteiger partial charge on any atom is -0.479 e. The Morgan fingerprint density at radius 3 is 2.53 bits per heavy atom. The summed E-state index contributed by atoms with van der Waals surface area (Å²) in [7, 11) is 0. The fourth-order valence-electron chi connectivity index (χ4n) is 5.01. The van der Waals surface area contributed by atoms with Gasteiger partial charge in [0.15, 0.2) is 6.10 Å². The van der Waals surface area contributed by atoms with Crippen LogP contribution in [0.25, 0.3) is 27.7 Å². The number of benzene rings is 3. The van der Waals surface area contributed by atoms with Crippen LogP contribution in [-0.2, 0) is 17.6 Å². The van der Waals surface area contributed by atoms with Crippen molar-refractivity contribution >= 4 is 33.4 Å². The summed E-state index contributed by atoms with van der Waals surface area (Å²) in [4.78, 5) is 0. The van der Waals surface area contributed by atoms with Crippen LogP contribution in [0, 0.1) is 0 Å². The van der Waals surface area contributed by atoms with Gasteiger partial charge in [-0.05, 0) is 66.5 Å². The number of ether oxygens (including phenoxy) is 1. The van der Waals surface area contributed by atoms with Crippen molar-refractivity contribution in [3.8, 4) is 0 Å². The molecule has 3 aromatic carbocycles. The Morgan fingerprint density at radius 2 is 1.66 bits per heavy atom. The van der Waals surface area contributed by atoms with E-state index in [9.17, 15) is 0 Å². The summed E-state index contributed by atoms with van der Waals surface area (Å²) in [5.41, 5.74) is 8.96. The molecule has 1 aromatic heterocycles. The largest absolute Gasteiger partial charge is 0.479 e. The zero-order valence-corrected chi connectivity index (χ0v) is 18.6. The van der Waals surface area contributed by atoms with Crippen molar-refractivity contribution in [3.05, 3.63) is 94.7 Å². The first-order chi connectivity index (χ1) is 15.7. The van der Waals surface area contributed by atoms with E-state index in [0.717, 1.165) is 59.6 Å². The number of nitrogens with one attached hydrogen (secondary N) is 1. The van der Waals surface area contributed by atoms with Crippen molar-refractivity contribution in [2.75, 3.05) is 5.32 Å². The first-order valence-corrected chi connectivity index (χ1v) is 11.7. The van der Waals surface area contributed by atoms with E-state index in [-0.39, 0.29) is 6.10 Å². The number of fused-ring (bicyclic) bond motifs is 6. The number of aryl methyl sites for hydroxylation is 2. The maximum Gasteiger partial charge on any atom is 0.165 e. The van der Waals surface area contributed by atoms with Crippen LogP contribution in [0.3, 0.4) is 0 Å². The lowest BCUT2D eigenvalue weighted by Crippen LogP contribution is -2.08. The van der Waals surface area contributed by atoms with Gasteiger partial charge in [0.25, 0.3) is 0 Å². The van der Waals surface area contributed by atoms with Gasteiger partial charge in [-0.2, -0.15) is 0 Å². The van der Waals surface area contributed by atoms with Gasteiger partial charge in [-0.1, -0.05) is 51.0 Å². The zero-order valence-electron chi connectivity index (χ0n) is 18.6. The Bertz CT molecular complexity index is 1410. The van der Waals surface area contributed by atoms with Gasteiger partial charge in [-0.3, -0.25) is 0 Å². The van der Waals surface area contributed by atoms with Crippen LogP contribution in [0.2, 0.25) is 0 Å². The summed E-state index contributed by atoms with van der Waals surface area (Å²) in [6.45, 7) is 4.45. The molecule has 3 nitrogen and oxygen atoms in total. The molecule has 1 unspecified atom stereocenters. The number of allylic oxidation sites excluding steroid dienone is 2.